The summed E-state index contributed by atoms with van der Waals surface area (Å²) in [7, 11) is -3.76. The number of hydrogen-bond acceptors (Lipinski definition) is 4. The van der Waals surface area contributed by atoms with Gasteiger partial charge in [0, 0.05) is 18.2 Å². The molecule has 0 amide bonds. The van der Waals surface area contributed by atoms with Crippen molar-refractivity contribution in [2.75, 3.05) is 13.2 Å². The average molecular weight is 340 g/mol. The van der Waals surface area contributed by atoms with Crippen LogP contribution in [0.1, 0.15) is 18.4 Å². The fourth-order valence-electron chi connectivity index (χ4n) is 1.98. The van der Waals surface area contributed by atoms with Crippen LogP contribution in [0.25, 0.3) is 0 Å². The molecule has 1 aliphatic rings. The molecule has 1 aromatic rings. The number of ether oxygens (including phenoxy) is 1. The van der Waals surface area contributed by atoms with E-state index in [1.165, 1.54) is 12.1 Å². The maximum absolute atomic E-state index is 12.2. The smallest absolute Gasteiger partial charge is 0.242 e. The minimum Gasteiger partial charge on any atom is -0.392 e. The molecule has 2 N–H and O–H groups in total. The molecule has 1 atom stereocenters. The summed E-state index contributed by atoms with van der Waals surface area (Å²) in [6, 6.07) is 2.60. The van der Waals surface area contributed by atoms with E-state index < -0.39 is 10.0 Å². The maximum atomic E-state index is 12.2. The Morgan fingerprint density at radius 2 is 2.10 bits per heavy atom. The minimum absolute atomic E-state index is 0.0204. The zero-order valence-electron chi connectivity index (χ0n) is 10.6. The van der Waals surface area contributed by atoms with E-state index in [-0.39, 0.29) is 34.2 Å². The van der Waals surface area contributed by atoms with E-state index >= 15 is 0 Å². The van der Waals surface area contributed by atoms with Crippen molar-refractivity contribution in [3.05, 3.63) is 27.7 Å². The molecule has 2 rings (SSSR count). The Labute approximate surface area is 127 Å². The third-order valence-corrected chi connectivity index (χ3v) is 5.33. The first-order valence-corrected chi connectivity index (χ1v) is 8.38. The predicted molar refractivity (Wildman–Crippen MR) is 76.5 cm³/mol. The number of benzene rings is 1. The van der Waals surface area contributed by atoms with Crippen LogP contribution in [0.5, 0.6) is 0 Å². The second-order valence-corrected chi connectivity index (χ2v) is 7.07. The molecule has 0 bridgehead atoms. The molecule has 5 nitrogen and oxygen atoms in total. The minimum atomic E-state index is -3.76. The van der Waals surface area contributed by atoms with E-state index in [0.717, 1.165) is 12.8 Å². The van der Waals surface area contributed by atoms with Crippen LogP contribution in [-0.4, -0.2) is 32.8 Å². The molecule has 8 heteroatoms. The monoisotopic (exact) mass is 339 g/mol. The number of sulfonamides is 1. The second-order valence-electron chi connectivity index (χ2n) is 4.52. The Kier molecular flexibility index (Phi) is 5.28. The first kappa shape index (κ1) is 16.0. The molecule has 1 aliphatic heterocycles. The van der Waals surface area contributed by atoms with Gasteiger partial charge in [-0.15, -0.1) is 0 Å². The SMILES string of the molecule is O=S(=O)(NCC1CCCO1)c1cc(CO)c(Cl)cc1Cl. The highest BCUT2D eigenvalue weighted by atomic mass is 35.5. The molecular weight excluding hydrogens is 325 g/mol. The van der Waals surface area contributed by atoms with E-state index in [4.69, 9.17) is 33.0 Å². The first-order chi connectivity index (χ1) is 9.44. The molecule has 0 saturated carbocycles. The summed E-state index contributed by atoms with van der Waals surface area (Å²) in [5, 5.41) is 9.39. The first-order valence-electron chi connectivity index (χ1n) is 6.14. The van der Waals surface area contributed by atoms with Crippen LogP contribution < -0.4 is 4.72 Å². The fraction of sp³-hybridized carbons (Fsp3) is 0.500. The molecule has 1 saturated heterocycles. The molecule has 0 aliphatic carbocycles. The molecule has 0 radical (unpaired) electrons. The second kappa shape index (κ2) is 6.60. The maximum Gasteiger partial charge on any atom is 0.242 e. The van der Waals surface area contributed by atoms with Crippen molar-refractivity contribution in [1.29, 1.82) is 0 Å². The molecule has 1 fully saturated rings. The molecule has 1 aromatic carbocycles. The molecular formula is C12H15Cl2NO4S. The molecule has 112 valence electrons. The summed E-state index contributed by atoms with van der Waals surface area (Å²) in [6.07, 6.45) is 1.66. The van der Waals surface area contributed by atoms with Crippen molar-refractivity contribution in [1.82, 2.24) is 4.72 Å². The highest BCUT2D eigenvalue weighted by Gasteiger charge is 2.23. The normalized spacial score (nSPS) is 19.4. The third-order valence-electron chi connectivity index (χ3n) is 3.09. The number of aliphatic hydroxyl groups excluding tert-OH is 1. The van der Waals surface area contributed by atoms with Gasteiger partial charge in [-0.2, -0.15) is 0 Å². The fourth-order valence-corrected chi connectivity index (χ4v) is 3.91. The van der Waals surface area contributed by atoms with Gasteiger partial charge in [-0.05, 0) is 30.5 Å². The van der Waals surface area contributed by atoms with E-state index in [2.05, 4.69) is 4.72 Å². The van der Waals surface area contributed by atoms with Crippen molar-refractivity contribution in [3.63, 3.8) is 0 Å². The summed E-state index contributed by atoms with van der Waals surface area (Å²) >= 11 is 11.8. The highest BCUT2D eigenvalue weighted by molar-refractivity contribution is 7.89. The van der Waals surface area contributed by atoms with Gasteiger partial charge < -0.3 is 9.84 Å². The summed E-state index contributed by atoms with van der Waals surface area (Å²) in [6.45, 7) is 0.503. The van der Waals surface area contributed by atoms with Crippen LogP contribution in [0.3, 0.4) is 0 Å². The van der Waals surface area contributed by atoms with E-state index in [1.54, 1.807) is 0 Å². The third kappa shape index (κ3) is 3.63. The Bertz CT molecular complexity index is 585. The standard InChI is InChI=1S/C12H15Cl2NO4S/c13-10-5-11(14)12(4-8(10)7-16)20(17,18)15-6-9-2-1-3-19-9/h4-5,9,15-16H,1-3,6-7H2. The van der Waals surface area contributed by atoms with Crippen molar-refractivity contribution >= 4 is 33.2 Å². The zero-order valence-corrected chi connectivity index (χ0v) is 12.9. The van der Waals surface area contributed by atoms with Gasteiger partial charge in [0.05, 0.1) is 17.7 Å². The van der Waals surface area contributed by atoms with Crippen molar-refractivity contribution in [2.45, 2.75) is 30.4 Å². The lowest BCUT2D eigenvalue weighted by atomic mass is 10.2. The van der Waals surface area contributed by atoms with Gasteiger partial charge in [-0.25, -0.2) is 13.1 Å². The number of halogens is 2. The van der Waals surface area contributed by atoms with Gasteiger partial charge in [-0.3, -0.25) is 0 Å². The van der Waals surface area contributed by atoms with Crippen LogP contribution >= 0.6 is 23.2 Å². The molecule has 1 unspecified atom stereocenters. The van der Waals surface area contributed by atoms with Crippen LogP contribution in [0.15, 0.2) is 17.0 Å². The molecule has 20 heavy (non-hydrogen) atoms. The molecule has 1 heterocycles. The lowest BCUT2D eigenvalue weighted by Gasteiger charge is -2.13. The van der Waals surface area contributed by atoms with Crippen molar-refractivity contribution in [2.24, 2.45) is 0 Å². The largest absolute Gasteiger partial charge is 0.392 e. The number of hydrogen-bond donors (Lipinski definition) is 2. The summed E-state index contributed by atoms with van der Waals surface area (Å²) in [5.41, 5.74) is 0.313. The number of rotatable bonds is 5. The predicted octanol–water partition coefficient (Wildman–Crippen LogP) is 1.94. The Balaban J connectivity index is 2.19. The summed E-state index contributed by atoms with van der Waals surface area (Å²) in [5.74, 6) is 0. The molecule has 0 aromatic heterocycles. The van der Waals surface area contributed by atoms with Crippen LogP contribution in [-0.2, 0) is 21.4 Å². The lowest BCUT2D eigenvalue weighted by Crippen LogP contribution is -2.32. The van der Waals surface area contributed by atoms with Gasteiger partial charge in [0.15, 0.2) is 0 Å². The van der Waals surface area contributed by atoms with Gasteiger partial charge in [0.1, 0.15) is 4.90 Å². The number of aliphatic hydroxyl groups is 1. The average Bonchev–Trinajstić information content (AvgIpc) is 2.89. The Morgan fingerprint density at radius 1 is 1.35 bits per heavy atom. The van der Waals surface area contributed by atoms with Crippen molar-refractivity contribution < 1.29 is 18.3 Å². The van der Waals surface area contributed by atoms with Gasteiger partial charge >= 0.3 is 0 Å². The van der Waals surface area contributed by atoms with E-state index in [0.29, 0.717) is 12.2 Å². The van der Waals surface area contributed by atoms with Crippen LogP contribution in [0, 0.1) is 0 Å². The quantitative estimate of drug-likeness (QED) is 0.859. The van der Waals surface area contributed by atoms with Crippen LogP contribution in [0.2, 0.25) is 10.0 Å². The summed E-state index contributed by atoms with van der Waals surface area (Å²) < 4.78 is 32.3. The number of nitrogens with one attached hydrogen (secondary N) is 1. The van der Waals surface area contributed by atoms with Gasteiger partial charge in [-0.1, -0.05) is 23.2 Å². The zero-order chi connectivity index (χ0) is 14.8. The van der Waals surface area contributed by atoms with Crippen molar-refractivity contribution in [3.8, 4) is 0 Å². The lowest BCUT2D eigenvalue weighted by molar-refractivity contribution is 0.114. The van der Waals surface area contributed by atoms with Gasteiger partial charge in [0.25, 0.3) is 0 Å². The van der Waals surface area contributed by atoms with E-state index in [9.17, 15) is 8.42 Å². The van der Waals surface area contributed by atoms with Gasteiger partial charge in [0.2, 0.25) is 10.0 Å². The van der Waals surface area contributed by atoms with E-state index in [1.807, 2.05) is 0 Å². The van der Waals surface area contributed by atoms with Crippen LogP contribution in [0.4, 0.5) is 0 Å². The Hall–Kier alpha value is -0.370. The molecule has 0 spiro atoms. The topological polar surface area (TPSA) is 75.6 Å². The highest BCUT2D eigenvalue weighted by Crippen LogP contribution is 2.28. The Morgan fingerprint density at radius 3 is 2.70 bits per heavy atom. The summed E-state index contributed by atoms with van der Waals surface area (Å²) in [4.78, 5) is -0.0920.